The summed E-state index contributed by atoms with van der Waals surface area (Å²) in [6.07, 6.45) is 2.74. The number of hydrogen-bond acceptors (Lipinski definition) is 3. The van der Waals surface area contributed by atoms with Crippen LogP contribution in [0.5, 0.6) is 0 Å². The van der Waals surface area contributed by atoms with Gasteiger partial charge in [-0.1, -0.05) is 43.3 Å². The molecular formula is C16H22O4. The predicted octanol–water partition coefficient (Wildman–Crippen LogP) is 3.22. The maximum Gasteiger partial charge on any atom is 0.333 e. The van der Waals surface area contributed by atoms with Crippen LogP contribution in [0, 0.1) is 0 Å². The summed E-state index contributed by atoms with van der Waals surface area (Å²) in [5, 5.41) is 7.72. The monoisotopic (exact) mass is 278 g/mol. The lowest BCUT2D eigenvalue weighted by Gasteiger charge is -2.04. The smallest absolute Gasteiger partial charge is 0.333 e. The molecule has 1 N–H and O–H groups in total. The second-order valence-corrected chi connectivity index (χ2v) is 4.09. The molecule has 0 aliphatic rings. The number of allylic oxidation sites excluding steroid dienone is 1. The van der Waals surface area contributed by atoms with Gasteiger partial charge >= 0.3 is 11.9 Å². The Morgan fingerprint density at radius 3 is 2.25 bits per heavy atom. The first kappa shape index (κ1) is 17.9. The van der Waals surface area contributed by atoms with Crippen LogP contribution in [0.1, 0.15) is 32.8 Å². The van der Waals surface area contributed by atoms with Crippen LogP contribution >= 0.6 is 0 Å². The first-order valence-electron chi connectivity index (χ1n) is 6.57. The third kappa shape index (κ3) is 8.91. The summed E-state index contributed by atoms with van der Waals surface area (Å²) in [6.45, 7) is 5.62. The lowest BCUT2D eigenvalue weighted by atomic mass is 10.2. The number of rotatable bonds is 5. The Kier molecular flexibility index (Phi) is 9.66. The average Bonchev–Trinajstić information content (AvgIpc) is 2.47. The molecular weight excluding hydrogens is 256 g/mol. The van der Waals surface area contributed by atoms with Crippen molar-refractivity contribution in [3.63, 3.8) is 0 Å². The number of hydrogen-bond donors (Lipinski definition) is 1. The average molecular weight is 278 g/mol. The maximum absolute atomic E-state index is 11.3. The van der Waals surface area contributed by atoms with Crippen molar-refractivity contribution >= 4 is 11.9 Å². The normalized spacial score (nSPS) is 10.2. The van der Waals surface area contributed by atoms with E-state index < -0.39 is 5.97 Å². The lowest BCUT2D eigenvalue weighted by molar-refractivity contribution is -0.139. The third-order valence-electron chi connectivity index (χ3n) is 2.52. The van der Waals surface area contributed by atoms with Gasteiger partial charge in [-0.3, -0.25) is 4.79 Å². The Morgan fingerprint density at radius 2 is 1.80 bits per heavy atom. The topological polar surface area (TPSA) is 63.6 Å². The number of ether oxygens (including phenoxy) is 1. The van der Waals surface area contributed by atoms with Crippen LogP contribution in [0.3, 0.4) is 0 Å². The Morgan fingerprint density at radius 1 is 1.25 bits per heavy atom. The fraction of sp³-hybridized carbons (Fsp3) is 0.375. The van der Waals surface area contributed by atoms with Crippen molar-refractivity contribution in [3.8, 4) is 0 Å². The van der Waals surface area contributed by atoms with E-state index in [2.05, 4.69) is 0 Å². The van der Waals surface area contributed by atoms with Crippen LogP contribution in [0.4, 0.5) is 0 Å². The van der Waals surface area contributed by atoms with E-state index in [4.69, 9.17) is 9.84 Å². The van der Waals surface area contributed by atoms with Gasteiger partial charge in [0.05, 0.1) is 6.61 Å². The fourth-order valence-corrected chi connectivity index (χ4v) is 1.14. The standard InChI is InChI=1S/C13H16O2.C3H6O2/c1-3-11(2)13(14)15-10-9-12-7-5-4-6-8-12;1-2-3(4)5/h3-8H,9-10H2,1-2H3;2H2,1H3,(H,4,5)/b11-3+;. The van der Waals surface area contributed by atoms with Crippen LogP contribution in [0.25, 0.3) is 0 Å². The fourth-order valence-electron chi connectivity index (χ4n) is 1.14. The second-order valence-electron chi connectivity index (χ2n) is 4.09. The van der Waals surface area contributed by atoms with E-state index >= 15 is 0 Å². The van der Waals surface area contributed by atoms with E-state index in [0.717, 1.165) is 6.42 Å². The van der Waals surface area contributed by atoms with Crippen LogP contribution in [0.15, 0.2) is 42.0 Å². The molecule has 0 amide bonds. The zero-order valence-corrected chi connectivity index (χ0v) is 12.3. The molecule has 110 valence electrons. The summed E-state index contributed by atoms with van der Waals surface area (Å²) < 4.78 is 5.09. The number of esters is 1. The molecule has 1 aromatic carbocycles. The first-order valence-corrected chi connectivity index (χ1v) is 6.57. The van der Waals surface area contributed by atoms with Gasteiger partial charge in [-0.25, -0.2) is 4.79 Å². The van der Waals surface area contributed by atoms with Crippen molar-refractivity contribution in [2.45, 2.75) is 33.6 Å². The van der Waals surface area contributed by atoms with E-state index in [0.29, 0.717) is 12.2 Å². The van der Waals surface area contributed by atoms with Crippen LogP contribution in [-0.2, 0) is 20.7 Å². The van der Waals surface area contributed by atoms with Crippen molar-refractivity contribution in [3.05, 3.63) is 47.5 Å². The molecule has 0 unspecified atom stereocenters. The molecule has 0 bridgehead atoms. The summed E-state index contributed by atoms with van der Waals surface area (Å²) in [7, 11) is 0. The van der Waals surface area contributed by atoms with E-state index in [1.165, 1.54) is 5.56 Å². The van der Waals surface area contributed by atoms with Gasteiger partial charge in [0.2, 0.25) is 0 Å². The summed E-state index contributed by atoms with van der Waals surface area (Å²) in [5.74, 6) is -0.974. The van der Waals surface area contributed by atoms with Gasteiger partial charge in [-0.05, 0) is 19.4 Å². The quantitative estimate of drug-likeness (QED) is 0.663. The molecule has 1 aromatic rings. The number of benzene rings is 1. The minimum Gasteiger partial charge on any atom is -0.481 e. The van der Waals surface area contributed by atoms with Crippen LogP contribution in [-0.4, -0.2) is 23.7 Å². The van der Waals surface area contributed by atoms with E-state index in [1.54, 1.807) is 19.9 Å². The Hall–Kier alpha value is -2.10. The molecule has 0 aliphatic heterocycles. The van der Waals surface area contributed by atoms with Crippen molar-refractivity contribution in [1.29, 1.82) is 0 Å². The molecule has 0 saturated carbocycles. The predicted molar refractivity (Wildman–Crippen MR) is 78.5 cm³/mol. The van der Waals surface area contributed by atoms with Crippen molar-refractivity contribution in [2.24, 2.45) is 0 Å². The molecule has 1 rings (SSSR count). The molecule has 0 aliphatic carbocycles. The maximum atomic E-state index is 11.3. The molecule has 0 radical (unpaired) electrons. The summed E-state index contributed by atoms with van der Waals surface area (Å²) in [4.78, 5) is 20.6. The lowest BCUT2D eigenvalue weighted by Crippen LogP contribution is -2.08. The third-order valence-corrected chi connectivity index (χ3v) is 2.52. The number of carbonyl (C=O) groups excluding carboxylic acids is 1. The molecule has 20 heavy (non-hydrogen) atoms. The number of aliphatic carboxylic acids is 1. The van der Waals surface area contributed by atoms with Crippen molar-refractivity contribution < 1.29 is 19.4 Å². The molecule has 0 saturated heterocycles. The van der Waals surface area contributed by atoms with Gasteiger partial charge in [0.25, 0.3) is 0 Å². The molecule has 0 aromatic heterocycles. The van der Waals surface area contributed by atoms with Gasteiger partial charge in [-0.2, -0.15) is 0 Å². The van der Waals surface area contributed by atoms with E-state index in [-0.39, 0.29) is 12.4 Å². The van der Waals surface area contributed by atoms with E-state index in [9.17, 15) is 9.59 Å². The minimum atomic E-state index is -0.745. The molecule has 4 nitrogen and oxygen atoms in total. The molecule has 0 atom stereocenters. The van der Waals surface area contributed by atoms with Gasteiger partial charge in [0.1, 0.15) is 0 Å². The largest absolute Gasteiger partial charge is 0.481 e. The van der Waals surface area contributed by atoms with Gasteiger partial charge in [0, 0.05) is 18.4 Å². The molecule has 0 heterocycles. The first-order chi connectivity index (χ1) is 9.51. The highest BCUT2D eigenvalue weighted by Crippen LogP contribution is 2.01. The van der Waals surface area contributed by atoms with Gasteiger partial charge in [0.15, 0.2) is 0 Å². The zero-order valence-electron chi connectivity index (χ0n) is 12.3. The van der Waals surface area contributed by atoms with Gasteiger partial charge in [-0.15, -0.1) is 0 Å². The number of carbonyl (C=O) groups is 2. The van der Waals surface area contributed by atoms with Crippen molar-refractivity contribution in [2.75, 3.05) is 6.61 Å². The Labute approximate surface area is 120 Å². The zero-order chi connectivity index (χ0) is 15.4. The highest BCUT2D eigenvalue weighted by molar-refractivity contribution is 5.87. The molecule has 4 heteroatoms. The summed E-state index contributed by atoms with van der Waals surface area (Å²) in [5.41, 5.74) is 1.84. The number of carboxylic acid groups (broad SMARTS) is 1. The molecule has 0 spiro atoms. The highest BCUT2D eigenvalue weighted by Gasteiger charge is 2.03. The van der Waals surface area contributed by atoms with Crippen molar-refractivity contribution in [1.82, 2.24) is 0 Å². The van der Waals surface area contributed by atoms with E-state index in [1.807, 2.05) is 37.3 Å². The summed E-state index contributed by atoms with van der Waals surface area (Å²) in [6, 6.07) is 9.98. The Balaban J connectivity index is 0.000000621. The number of carboxylic acids is 1. The van der Waals surface area contributed by atoms with Crippen LogP contribution in [0.2, 0.25) is 0 Å². The molecule has 0 fully saturated rings. The van der Waals surface area contributed by atoms with Crippen LogP contribution < -0.4 is 0 Å². The second kappa shape index (κ2) is 10.8. The summed E-state index contributed by atoms with van der Waals surface area (Å²) >= 11 is 0. The minimum absolute atomic E-state index is 0.222. The SMILES string of the molecule is C/C=C(\C)C(=O)OCCc1ccccc1.CCC(=O)O. The van der Waals surface area contributed by atoms with Gasteiger partial charge < -0.3 is 9.84 Å². The highest BCUT2D eigenvalue weighted by atomic mass is 16.5. The Bertz CT molecular complexity index is 435.